The number of imide groups is 1. The first-order valence-electron chi connectivity index (χ1n) is 15.0. The van der Waals surface area contributed by atoms with Crippen LogP contribution in [0.2, 0.25) is 0 Å². The molecule has 5 rings (SSSR count). The molecule has 3 heterocycles. The second-order valence-electron chi connectivity index (χ2n) is 11.2. The lowest BCUT2D eigenvalue weighted by Crippen LogP contribution is -2.56. The van der Waals surface area contributed by atoms with Gasteiger partial charge in [0.2, 0.25) is 11.8 Å². The third-order valence-corrected chi connectivity index (χ3v) is 6.72. The highest BCUT2D eigenvalue weighted by Gasteiger charge is 2.40. The number of rotatable bonds is 6. The molecule has 3 aliphatic rings. The van der Waals surface area contributed by atoms with Crippen molar-refractivity contribution < 1.29 is 30.4 Å². The number of hydrogen-bond donors (Lipinski definition) is 2. The van der Waals surface area contributed by atoms with Gasteiger partial charge in [0, 0.05) is 67.0 Å². The molecule has 2 saturated heterocycles. The minimum atomic E-state index is -3.36. The maximum atomic E-state index is 14.9. The summed E-state index contributed by atoms with van der Waals surface area (Å²) in [5, 5.41) is 4.84. The van der Waals surface area contributed by atoms with Gasteiger partial charge in [-0.1, -0.05) is 12.1 Å². The van der Waals surface area contributed by atoms with Crippen LogP contribution in [0.4, 0.5) is 10.1 Å². The van der Waals surface area contributed by atoms with Gasteiger partial charge >= 0.3 is 0 Å². The molecule has 8 nitrogen and oxygen atoms in total. The van der Waals surface area contributed by atoms with Crippen molar-refractivity contribution in [3.63, 3.8) is 0 Å². The van der Waals surface area contributed by atoms with Crippen molar-refractivity contribution in [2.45, 2.75) is 77.3 Å². The Morgan fingerprint density at radius 1 is 1.16 bits per heavy atom. The van der Waals surface area contributed by atoms with Crippen LogP contribution >= 0.6 is 0 Å². The number of halogens is 1. The average molecular weight is 528 g/mol. The van der Waals surface area contributed by atoms with Gasteiger partial charge in [-0.05, 0) is 63.9 Å². The van der Waals surface area contributed by atoms with Gasteiger partial charge in [-0.25, -0.2) is 4.39 Å². The van der Waals surface area contributed by atoms with Crippen molar-refractivity contribution in [2.24, 2.45) is 0 Å². The Balaban J connectivity index is 1.36. The van der Waals surface area contributed by atoms with Crippen LogP contribution in [-0.4, -0.2) is 57.8 Å². The first-order chi connectivity index (χ1) is 19.8. The average Bonchev–Trinajstić information content (AvgIpc) is 3.22. The van der Waals surface area contributed by atoms with E-state index in [0.29, 0.717) is 41.3 Å². The molecule has 2 N–H and O–H groups in total. The van der Waals surface area contributed by atoms with Gasteiger partial charge in [0.25, 0.3) is 5.91 Å². The number of morpholine rings is 1. The van der Waals surface area contributed by atoms with Gasteiger partial charge in [-0.15, -0.1) is 0 Å². The van der Waals surface area contributed by atoms with Crippen molar-refractivity contribution in [2.75, 3.05) is 18.4 Å². The van der Waals surface area contributed by atoms with E-state index in [9.17, 15) is 18.8 Å². The van der Waals surface area contributed by atoms with Crippen LogP contribution in [0.25, 0.3) is 0 Å². The molecule has 2 aromatic carbocycles. The fraction of sp³-hybridized carbons (Fsp3) is 0.483. The third-order valence-electron chi connectivity index (χ3n) is 6.72. The second-order valence-corrected chi connectivity index (χ2v) is 11.2. The summed E-state index contributed by atoms with van der Waals surface area (Å²) in [6.07, 6.45) is -6.62. The van der Waals surface area contributed by atoms with Crippen molar-refractivity contribution in [1.29, 1.82) is 0 Å². The number of amides is 3. The number of nitrogens with one attached hydrogen (secondary N) is 2. The van der Waals surface area contributed by atoms with E-state index in [4.69, 9.17) is 11.6 Å². The largest absolute Gasteiger partial charge is 0.381 e. The summed E-state index contributed by atoms with van der Waals surface area (Å²) in [4.78, 5) is 41.1. The lowest BCUT2D eigenvalue weighted by atomic mass is 9.98. The number of fused-ring (bicyclic) bond motifs is 1. The number of carbonyl (C=O) groups is 3. The number of ether oxygens (including phenoxy) is 1. The van der Waals surface area contributed by atoms with E-state index >= 15 is 0 Å². The topological polar surface area (TPSA) is 91.0 Å². The molecule has 0 bridgehead atoms. The van der Waals surface area contributed by atoms with E-state index in [0.717, 1.165) is 5.56 Å². The molecule has 1 unspecified atom stereocenters. The molecular weight excluding hydrogens is 487 g/mol. The molecular formula is C29H35FN4O4. The van der Waals surface area contributed by atoms with E-state index in [2.05, 4.69) is 10.2 Å². The Kier molecular flexibility index (Phi) is 5.31. The third kappa shape index (κ3) is 5.44. The fourth-order valence-electron chi connectivity index (χ4n) is 5.60. The van der Waals surface area contributed by atoms with Crippen molar-refractivity contribution >= 4 is 23.4 Å². The zero-order chi connectivity index (χ0) is 31.8. The Morgan fingerprint density at radius 2 is 1.89 bits per heavy atom. The van der Waals surface area contributed by atoms with Gasteiger partial charge in [-0.2, -0.15) is 0 Å². The predicted octanol–water partition coefficient (Wildman–Crippen LogP) is 3.59. The smallest absolute Gasteiger partial charge is 0.255 e. The zero-order valence-corrected chi connectivity index (χ0v) is 21.9. The van der Waals surface area contributed by atoms with Crippen LogP contribution in [-0.2, 0) is 34.0 Å². The quantitative estimate of drug-likeness (QED) is 0.558. The van der Waals surface area contributed by atoms with Crippen LogP contribution < -0.4 is 10.6 Å². The molecule has 0 spiro atoms. The fourth-order valence-corrected chi connectivity index (χ4v) is 5.60. The molecule has 3 aliphatic heterocycles. The van der Waals surface area contributed by atoms with Crippen LogP contribution in [0.15, 0.2) is 36.4 Å². The second kappa shape index (κ2) is 9.78. The summed E-state index contributed by atoms with van der Waals surface area (Å²) in [6, 6.07) is 6.52. The van der Waals surface area contributed by atoms with E-state index in [1.54, 1.807) is 29.6 Å². The van der Waals surface area contributed by atoms with E-state index in [1.807, 2.05) is 27.7 Å². The molecule has 202 valence electrons. The first kappa shape index (κ1) is 20.6. The van der Waals surface area contributed by atoms with Crippen LogP contribution in [0.1, 0.15) is 74.3 Å². The Labute approximate surface area is 229 Å². The number of carbonyl (C=O) groups excluding carboxylic acids is 3. The molecule has 3 amide bonds. The maximum Gasteiger partial charge on any atom is 0.255 e. The van der Waals surface area contributed by atoms with Gasteiger partial charge in [0.1, 0.15) is 11.8 Å². The summed E-state index contributed by atoms with van der Waals surface area (Å²) >= 11 is 0. The highest BCUT2D eigenvalue weighted by Crippen LogP contribution is 2.33. The Morgan fingerprint density at radius 3 is 2.63 bits per heavy atom. The SMILES string of the molecule is [2H]C1([2H])C(=O)NC(=O)C([2H])(N2Cc3c(NCc4cc(CN5CC(C)(C)OC(C)(C)C5)ccc4F)cccc3C2=O)C1([2H])[2H]. The summed E-state index contributed by atoms with van der Waals surface area (Å²) in [5.74, 6) is -4.22. The first-order valence-corrected chi connectivity index (χ1v) is 12.5. The number of piperidine rings is 1. The van der Waals surface area contributed by atoms with Crippen LogP contribution in [0, 0.1) is 5.82 Å². The Hall–Kier alpha value is -3.30. The molecule has 0 radical (unpaired) electrons. The lowest BCUT2D eigenvalue weighted by Gasteiger charge is -2.47. The minimum Gasteiger partial charge on any atom is -0.381 e. The molecule has 0 aromatic heterocycles. The number of benzene rings is 2. The molecule has 2 fully saturated rings. The van der Waals surface area contributed by atoms with Gasteiger partial charge in [0.05, 0.1) is 12.6 Å². The van der Waals surface area contributed by atoms with E-state index in [-0.39, 0.29) is 23.3 Å². The predicted molar refractivity (Wildman–Crippen MR) is 141 cm³/mol. The lowest BCUT2D eigenvalue weighted by molar-refractivity contribution is -0.182. The zero-order valence-electron chi connectivity index (χ0n) is 26.9. The summed E-state index contributed by atoms with van der Waals surface area (Å²) in [6.45, 7) is 9.83. The minimum absolute atomic E-state index is 0.0504. The maximum absolute atomic E-state index is 14.9. The van der Waals surface area contributed by atoms with Crippen molar-refractivity contribution in [3.8, 4) is 0 Å². The number of nitrogens with zero attached hydrogens (tertiary/aromatic N) is 2. The molecule has 0 saturated carbocycles. The molecule has 1 atom stereocenters. The van der Waals surface area contributed by atoms with Gasteiger partial charge in [-0.3, -0.25) is 24.6 Å². The normalized spacial score (nSPS) is 29.3. The Bertz CT molecular complexity index is 1500. The van der Waals surface area contributed by atoms with E-state index in [1.165, 1.54) is 12.1 Å². The summed E-state index contributed by atoms with van der Waals surface area (Å²) in [7, 11) is 0. The molecule has 0 aliphatic carbocycles. The summed E-state index contributed by atoms with van der Waals surface area (Å²) < 4.78 is 62.3. The number of anilines is 1. The van der Waals surface area contributed by atoms with Gasteiger partial charge < -0.3 is 15.0 Å². The number of hydrogen-bond acceptors (Lipinski definition) is 6. The monoisotopic (exact) mass is 527 g/mol. The highest BCUT2D eigenvalue weighted by molar-refractivity contribution is 6.06. The van der Waals surface area contributed by atoms with Crippen molar-refractivity contribution in [1.82, 2.24) is 15.1 Å². The molecule has 2 aromatic rings. The highest BCUT2D eigenvalue weighted by atomic mass is 19.1. The van der Waals surface area contributed by atoms with Crippen LogP contribution in [0.3, 0.4) is 0 Å². The molecule has 38 heavy (non-hydrogen) atoms. The van der Waals surface area contributed by atoms with Crippen LogP contribution in [0.5, 0.6) is 0 Å². The standard InChI is InChI=1S/C29H35FN4O4/c1-28(2)16-33(17-29(3,4)38-28)14-18-8-9-22(30)19(12-18)13-31-23-7-5-6-20-21(23)15-34(27(20)37)24-10-11-25(35)32-26(24)36/h5-9,12,24,31H,10-11,13-17H2,1-4H3,(H,32,35,36)/i10D2,11D2,24D. The summed E-state index contributed by atoms with van der Waals surface area (Å²) in [5.41, 5.74) is 1.47. The van der Waals surface area contributed by atoms with Crippen molar-refractivity contribution in [3.05, 3.63) is 64.5 Å². The molecule has 9 heteroatoms. The van der Waals surface area contributed by atoms with E-state index < -0.39 is 48.8 Å². The van der Waals surface area contributed by atoms with Gasteiger partial charge in [0.15, 0.2) is 0 Å².